The maximum absolute atomic E-state index is 11.2. The fourth-order valence-electron chi connectivity index (χ4n) is 1.92. The molecule has 1 aliphatic carbocycles. The summed E-state index contributed by atoms with van der Waals surface area (Å²) in [5.74, 6) is 0. The van der Waals surface area contributed by atoms with Crippen LogP contribution >= 0.6 is 11.8 Å². The van der Waals surface area contributed by atoms with Crippen LogP contribution in [0, 0.1) is 10.1 Å². The van der Waals surface area contributed by atoms with Gasteiger partial charge in [-0.05, 0) is 53.6 Å². The summed E-state index contributed by atoms with van der Waals surface area (Å²) >= 11 is 1.17. The Kier molecular flexibility index (Phi) is 3.60. The molecule has 0 spiro atoms. The minimum atomic E-state index is -0.750. The molecule has 8 nitrogen and oxygen atoms in total. The Labute approximate surface area is 124 Å². The van der Waals surface area contributed by atoms with E-state index < -0.39 is 11.0 Å². The van der Waals surface area contributed by atoms with Crippen molar-refractivity contribution in [3.63, 3.8) is 0 Å². The lowest BCUT2D eigenvalue weighted by molar-refractivity contribution is -0.387. The highest BCUT2D eigenvalue weighted by Crippen LogP contribution is 2.40. The van der Waals surface area contributed by atoms with E-state index in [9.17, 15) is 15.2 Å². The molecule has 2 aromatic rings. The van der Waals surface area contributed by atoms with Crippen molar-refractivity contribution in [1.29, 1.82) is 0 Å². The van der Waals surface area contributed by atoms with Crippen molar-refractivity contribution in [3.8, 4) is 0 Å². The van der Waals surface area contributed by atoms with Crippen LogP contribution in [0.4, 0.5) is 5.69 Å². The summed E-state index contributed by atoms with van der Waals surface area (Å²) < 4.78 is 1.71. The first-order chi connectivity index (χ1) is 10.1. The van der Waals surface area contributed by atoms with E-state index in [1.807, 2.05) is 0 Å². The Balaban J connectivity index is 1.94. The van der Waals surface area contributed by atoms with Crippen molar-refractivity contribution in [2.75, 3.05) is 0 Å². The fraction of sp³-hybridized carbons (Fsp3) is 0.417. The standard InChI is InChI=1S/C12H13N5O3S/c1-7(18)8-2-5-11(10(6-8)17(19)20)21-12-13-14-15-16(12)9-3-4-9/h2,5-7,9,18H,3-4H2,1H3. The molecule has 0 radical (unpaired) electrons. The van der Waals surface area contributed by atoms with Crippen LogP contribution in [0.3, 0.4) is 0 Å². The first kappa shape index (κ1) is 14.0. The lowest BCUT2D eigenvalue weighted by Gasteiger charge is -2.07. The van der Waals surface area contributed by atoms with Crippen molar-refractivity contribution in [2.24, 2.45) is 0 Å². The van der Waals surface area contributed by atoms with Gasteiger partial charge in [0.05, 0.1) is 22.0 Å². The van der Waals surface area contributed by atoms with E-state index in [-0.39, 0.29) is 5.69 Å². The van der Waals surface area contributed by atoms with Crippen molar-refractivity contribution in [2.45, 2.75) is 42.0 Å². The summed E-state index contributed by atoms with van der Waals surface area (Å²) in [5.41, 5.74) is 0.455. The van der Waals surface area contributed by atoms with E-state index in [1.54, 1.807) is 23.7 Å². The summed E-state index contributed by atoms with van der Waals surface area (Å²) in [6.45, 7) is 1.57. The molecule has 1 atom stereocenters. The molecule has 9 heteroatoms. The Morgan fingerprint density at radius 1 is 1.52 bits per heavy atom. The molecule has 0 amide bonds. The van der Waals surface area contributed by atoms with Crippen LogP contribution in [0.5, 0.6) is 0 Å². The molecule has 1 aromatic carbocycles. The normalized spacial score (nSPS) is 15.9. The van der Waals surface area contributed by atoms with Gasteiger partial charge in [0.1, 0.15) is 0 Å². The molecule has 0 saturated heterocycles. The highest BCUT2D eigenvalue weighted by Gasteiger charge is 2.29. The molecule has 0 bridgehead atoms. The molecule has 0 aliphatic heterocycles. The van der Waals surface area contributed by atoms with Crippen molar-refractivity contribution in [3.05, 3.63) is 33.9 Å². The quantitative estimate of drug-likeness (QED) is 0.666. The van der Waals surface area contributed by atoms with Crippen LogP contribution in [-0.2, 0) is 0 Å². The van der Waals surface area contributed by atoms with Crippen LogP contribution in [0.2, 0.25) is 0 Å². The maximum Gasteiger partial charge on any atom is 0.283 e. The second kappa shape index (κ2) is 5.41. The molecule has 1 N–H and O–H groups in total. The van der Waals surface area contributed by atoms with E-state index >= 15 is 0 Å². The summed E-state index contributed by atoms with van der Waals surface area (Å²) in [5, 5.41) is 32.8. The van der Waals surface area contributed by atoms with Crippen LogP contribution in [0.1, 0.15) is 37.5 Å². The topological polar surface area (TPSA) is 107 Å². The van der Waals surface area contributed by atoms with Gasteiger partial charge in [-0.25, -0.2) is 4.68 Å². The zero-order valence-electron chi connectivity index (χ0n) is 11.2. The highest BCUT2D eigenvalue weighted by molar-refractivity contribution is 7.99. The summed E-state index contributed by atoms with van der Waals surface area (Å²) in [7, 11) is 0. The van der Waals surface area contributed by atoms with Crippen molar-refractivity contribution in [1.82, 2.24) is 20.2 Å². The van der Waals surface area contributed by atoms with Gasteiger partial charge in [0.2, 0.25) is 5.16 Å². The average Bonchev–Trinajstić information content (AvgIpc) is 3.19. The molecule has 1 heterocycles. The second-order valence-corrected chi connectivity index (χ2v) is 5.91. The molecule has 1 aromatic heterocycles. The van der Waals surface area contributed by atoms with Gasteiger partial charge in [-0.1, -0.05) is 6.07 Å². The van der Waals surface area contributed by atoms with Gasteiger partial charge < -0.3 is 5.11 Å². The summed E-state index contributed by atoms with van der Waals surface area (Å²) in [4.78, 5) is 11.2. The number of rotatable bonds is 5. The first-order valence-electron chi connectivity index (χ1n) is 6.48. The van der Waals surface area contributed by atoms with Crippen LogP contribution in [-0.4, -0.2) is 30.2 Å². The number of nitrogens with zero attached hydrogens (tertiary/aromatic N) is 5. The number of nitro groups is 1. The van der Waals surface area contributed by atoms with Crippen LogP contribution in [0.25, 0.3) is 0 Å². The number of benzene rings is 1. The average molecular weight is 307 g/mol. The Morgan fingerprint density at radius 3 is 2.90 bits per heavy atom. The molecule has 3 rings (SSSR count). The predicted molar refractivity (Wildman–Crippen MR) is 73.9 cm³/mol. The van der Waals surface area contributed by atoms with Crippen molar-refractivity contribution >= 4 is 17.4 Å². The van der Waals surface area contributed by atoms with E-state index in [2.05, 4.69) is 15.5 Å². The number of nitro benzene ring substituents is 1. The minimum Gasteiger partial charge on any atom is -0.389 e. The maximum atomic E-state index is 11.2. The monoisotopic (exact) mass is 307 g/mol. The molecule has 21 heavy (non-hydrogen) atoms. The fourth-order valence-corrected chi connectivity index (χ4v) is 2.85. The molecule has 1 aliphatic rings. The van der Waals surface area contributed by atoms with Gasteiger partial charge >= 0.3 is 0 Å². The van der Waals surface area contributed by atoms with E-state index in [0.717, 1.165) is 12.8 Å². The number of aromatic nitrogens is 4. The molecule has 110 valence electrons. The number of hydrogen-bond donors (Lipinski definition) is 1. The molecular formula is C12H13N5O3S. The third-order valence-electron chi connectivity index (χ3n) is 3.22. The van der Waals surface area contributed by atoms with Gasteiger partial charge in [-0.15, -0.1) is 5.10 Å². The molecule has 1 unspecified atom stereocenters. The molecule has 1 fully saturated rings. The number of hydrogen-bond acceptors (Lipinski definition) is 7. The number of aliphatic hydroxyl groups excluding tert-OH is 1. The second-order valence-electron chi connectivity index (χ2n) is 4.90. The third-order valence-corrected chi connectivity index (χ3v) is 4.24. The number of tetrazole rings is 1. The smallest absolute Gasteiger partial charge is 0.283 e. The van der Waals surface area contributed by atoms with Crippen molar-refractivity contribution < 1.29 is 10.0 Å². The van der Waals surface area contributed by atoms with Gasteiger partial charge in [0.25, 0.3) is 5.69 Å². The predicted octanol–water partition coefficient (Wildman–Crippen LogP) is 2.12. The van der Waals surface area contributed by atoms with Gasteiger partial charge in [-0.3, -0.25) is 10.1 Å². The number of aliphatic hydroxyl groups is 1. The Hall–Kier alpha value is -2.00. The van der Waals surface area contributed by atoms with E-state index in [4.69, 9.17) is 0 Å². The molecular weight excluding hydrogens is 294 g/mol. The van der Waals surface area contributed by atoms with E-state index in [1.165, 1.54) is 17.8 Å². The third kappa shape index (κ3) is 2.88. The van der Waals surface area contributed by atoms with Gasteiger partial charge in [-0.2, -0.15) is 0 Å². The van der Waals surface area contributed by atoms with Crippen LogP contribution < -0.4 is 0 Å². The van der Waals surface area contributed by atoms with E-state index in [0.29, 0.717) is 21.7 Å². The minimum absolute atomic E-state index is 0.0521. The zero-order valence-corrected chi connectivity index (χ0v) is 12.0. The van der Waals surface area contributed by atoms with Gasteiger partial charge in [0.15, 0.2) is 0 Å². The largest absolute Gasteiger partial charge is 0.389 e. The van der Waals surface area contributed by atoms with Gasteiger partial charge in [0, 0.05) is 6.07 Å². The SMILES string of the molecule is CC(O)c1ccc(Sc2nnnn2C2CC2)c([N+](=O)[O-])c1. The first-order valence-corrected chi connectivity index (χ1v) is 7.30. The Bertz CT molecular complexity index is 683. The van der Waals surface area contributed by atoms with Crippen LogP contribution in [0.15, 0.2) is 28.3 Å². The lowest BCUT2D eigenvalue weighted by atomic mass is 10.1. The molecule has 1 saturated carbocycles. The highest BCUT2D eigenvalue weighted by atomic mass is 32.2. The Morgan fingerprint density at radius 2 is 2.29 bits per heavy atom. The summed E-state index contributed by atoms with van der Waals surface area (Å²) in [6, 6.07) is 4.98. The summed E-state index contributed by atoms with van der Waals surface area (Å²) in [6.07, 6.45) is 1.31. The zero-order chi connectivity index (χ0) is 15.0. The lowest BCUT2D eigenvalue weighted by Crippen LogP contribution is -2.00.